The number of carbonyl (C=O) groups excluding carboxylic acids is 1. The number of hydrogen-bond donors (Lipinski definition) is 1. The standard InChI is InChI=1S/C23H23ClN2O5/c1-14-19(15(2)31-26-14)13-30-18-5-3-16(4-6-18)11-22(27)25-12-17-9-20(24)23-21(10-17)28-7-8-29-23/h3-6,9-10H,7-8,11-13H2,1-2H3,(H,25,27). The van der Waals surface area contributed by atoms with Crippen LogP contribution in [0.5, 0.6) is 17.2 Å². The van der Waals surface area contributed by atoms with Gasteiger partial charge in [-0.1, -0.05) is 28.9 Å². The highest BCUT2D eigenvalue weighted by atomic mass is 35.5. The fourth-order valence-electron chi connectivity index (χ4n) is 3.28. The van der Waals surface area contributed by atoms with E-state index in [0.29, 0.717) is 42.9 Å². The normalized spacial score (nSPS) is 12.5. The lowest BCUT2D eigenvalue weighted by Crippen LogP contribution is -2.24. The molecule has 0 fully saturated rings. The van der Waals surface area contributed by atoms with E-state index in [1.807, 2.05) is 44.2 Å². The molecule has 3 aromatic rings. The second kappa shape index (κ2) is 9.31. The Hall–Kier alpha value is -3.19. The van der Waals surface area contributed by atoms with Crippen molar-refractivity contribution in [1.29, 1.82) is 0 Å². The molecule has 1 aliphatic heterocycles. The van der Waals surface area contributed by atoms with Crippen LogP contribution in [0.2, 0.25) is 5.02 Å². The van der Waals surface area contributed by atoms with Crippen LogP contribution in [0.15, 0.2) is 40.9 Å². The topological polar surface area (TPSA) is 82.8 Å². The van der Waals surface area contributed by atoms with Gasteiger partial charge < -0.3 is 24.1 Å². The molecule has 2 aromatic carbocycles. The second-order valence-corrected chi connectivity index (χ2v) is 7.70. The Morgan fingerprint density at radius 2 is 1.90 bits per heavy atom. The van der Waals surface area contributed by atoms with Gasteiger partial charge in [0.25, 0.3) is 0 Å². The number of rotatable bonds is 7. The molecule has 1 aliphatic rings. The first kappa shape index (κ1) is 21.1. The van der Waals surface area contributed by atoms with Crippen molar-refractivity contribution in [2.75, 3.05) is 13.2 Å². The van der Waals surface area contributed by atoms with Crippen molar-refractivity contribution in [2.24, 2.45) is 0 Å². The lowest BCUT2D eigenvalue weighted by Gasteiger charge is -2.20. The number of nitrogens with zero attached hydrogens (tertiary/aromatic N) is 1. The monoisotopic (exact) mass is 442 g/mol. The Bertz CT molecular complexity index is 1060. The van der Waals surface area contributed by atoms with E-state index in [0.717, 1.165) is 33.9 Å². The zero-order chi connectivity index (χ0) is 21.8. The maximum Gasteiger partial charge on any atom is 0.224 e. The van der Waals surface area contributed by atoms with Crippen molar-refractivity contribution in [2.45, 2.75) is 33.4 Å². The summed E-state index contributed by atoms with van der Waals surface area (Å²) in [6.45, 7) is 5.45. The molecule has 1 aromatic heterocycles. The summed E-state index contributed by atoms with van der Waals surface area (Å²) in [5, 5.41) is 7.31. The van der Waals surface area contributed by atoms with E-state index in [1.54, 1.807) is 6.07 Å². The number of amides is 1. The van der Waals surface area contributed by atoms with Gasteiger partial charge in [-0.15, -0.1) is 0 Å². The van der Waals surface area contributed by atoms with Crippen molar-refractivity contribution >= 4 is 17.5 Å². The van der Waals surface area contributed by atoms with E-state index in [-0.39, 0.29) is 12.3 Å². The van der Waals surface area contributed by atoms with Crippen LogP contribution >= 0.6 is 11.6 Å². The zero-order valence-electron chi connectivity index (χ0n) is 17.4. The third-order valence-electron chi connectivity index (χ3n) is 5.00. The summed E-state index contributed by atoms with van der Waals surface area (Å²) in [4.78, 5) is 12.4. The maximum absolute atomic E-state index is 12.4. The highest BCUT2D eigenvalue weighted by Gasteiger charge is 2.17. The minimum atomic E-state index is -0.0876. The molecule has 162 valence electrons. The van der Waals surface area contributed by atoms with Crippen LogP contribution in [0.3, 0.4) is 0 Å². The predicted molar refractivity (Wildman–Crippen MR) is 115 cm³/mol. The van der Waals surface area contributed by atoms with E-state index in [9.17, 15) is 4.79 Å². The van der Waals surface area contributed by atoms with Crippen LogP contribution in [-0.4, -0.2) is 24.3 Å². The molecular weight excluding hydrogens is 420 g/mol. The third-order valence-corrected chi connectivity index (χ3v) is 5.28. The Morgan fingerprint density at radius 1 is 1.13 bits per heavy atom. The highest BCUT2D eigenvalue weighted by molar-refractivity contribution is 6.32. The number of aromatic nitrogens is 1. The molecule has 0 bridgehead atoms. The molecule has 0 atom stereocenters. The fraction of sp³-hybridized carbons (Fsp3) is 0.304. The summed E-state index contributed by atoms with van der Waals surface area (Å²) in [5.41, 5.74) is 3.51. The number of aryl methyl sites for hydroxylation is 2. The summed E-state index contributed by atoms with van der Waals surface area (Å²) >= 11 is 6.24. The van der Waals surface area contributed by atoms with Gasteiger partial charge in [0.05, 0.1) is 22.7 Å². The van der Waals surface area contributed by atoms with Crippen LogP contribution in [0, 0.1) is 13.8 Å². The van der Waals surface area contributed by atoms with Gasteiger partial charge in [-0.2, -0.15) is 0 Å². The average Bonchev–Trinajstić information content (AvgIpc) is 3.09. The van der Waals surface area contributed by atoms with E-state index < -0.39 is 0 Å². The largest absolute Gasteiger partial charge is 0.489 e. The smallest absolute Gasteiger partial charge is 0.224 e. The van der Waals surface area contributed by atoms with Crippen LogP contribution in [-0.2, 0) is 24.4 Å². The van der Waals surface area contributed by atoms with Crippen molar-refractivity contribution in [3.8, 4) is 17.2 Å². The molecule has 7 nitrogen and oxygen atoms in total. The first-order valence-electron chi connectivity index (χ1n) is 9.98. The number of halogens is 1. The minimum Gasteiger partial charge on any atom is -0.489 e. The number of hydrogen-bond acceptors (Lipinski definition) is 6. The number of carbonyl (C=O) groups is 1. The first-order valence-corrected chi connectivity index (χ1v) is 10.4. The number of fused-ring (bicyclic) bond motifs is 1. The lowest BCUT2D eigenvalue weighted by molar-refractivity contribution is -0.120. The Labute approximate surface area is 185 Å². The van der Waals surface area contributed by atoms with Crippen molar-refractivity contribution in [1.82, 2.24) is 10.5 Å². The van der Waals surface area contributed by atoms with Gasteiger partial charge in [0.15, 0.2) is 11.5 Å². The fourth-order valence-corrected chi connectivity index (χ4v) is 3.57. The summed E-state index contributed by atoms with van der Waals surface area (Å²) < 4.78 is 22.0. The Morgan fingerprint density at radius 3 is 2.65 bits per heavy atom. The first-order chi connectivity index (χ1) is 15.0. The summed E-state index contributed by atoms with van der Waals surface area (Å²) in [5.74, 6) is 2.55. The van der Waals surface area contributed by atoms with Crippen LogP contribution in [0.25, 0.3) is 0 Å². The van der Waals surface area contributed by atoms with Gasteiger partial charge >= 0.3 is 0 Å². The second-order valence-electron chi connectivity index (χ2n) is 7.29. The summed E-state index contributed by atoms with van der Waals surface area (Å²) in [7, 11) is 0. The maximum atomic E-state index is 12.4. The van der Waals surface area contributed by atoms with Gasteiger partial charge in [0.2, 0.25) is 5.91 Å². The highest BCUT2D eigenvalue weighted by Crippen LogP contribution is 2.38. The predicted octanol–water partition coefficient (Wildman–Crippen LogP) is 4.15. The zero-order valence-corrected chi connectivity index (χ0v) is 18.1. The Kier molecular flexibility index (Phi) is 6.32. The van der Waals surface area contributed by atoms with E-state index in [2.05, 4.69) is 10.5 Å². The lowest BCUT2D eigenvalue weighted by atomic mass is 10.1. The molecule has 8 heteroatoms. The number of nitrogens with one attached hydrogen (secondary N) is 1. The van der Waals surface area contributed by atoms with Gasteiger partial charge in [-0.05, 0) is 49.2 Å². The van der Waals surface area contributed by atoms with Gasteiger partial charge in [-0.3, -0.25) is 4.79 Å². The molecule has 0 unspecified atom stereocenters. The molecule has 4 rings (SSSR count). The summed E-state index contributed by atoms with van der Waals surface area (Å²) in [6.07, 6.45) is 0.266. The molecule has 1 N–H and O–H groups in total. The molecule has 0 saturated heterocycles. The van der Waals surface area contributed by atoms with Gasteiger partial charge in [0.1, 0.15) is 31.3 Å². The van der Waals surface area contributed by atoms with Crippen molar-refractivity contribution < 1.29 is 23.5 Å². The molecule has 1 amide bonds. The molecule has 31 heavy (non-hydrogen) atoms. The number of ether oxygens (including phenoxy) is 3. The molecule has 0 radical (unpaired) electrons. The third kappa shape index (κ3) is 5.11. The molecule has 0 aliphatic carbocycles. The van der Waals surface area contributed by atoms with Crippen molar-refractivity contribution in [3.63, 3.8) is 0 Å². The summed E-state index contributed by atoms with van der Waals surface area (Å²) in [6, 6.07) is 11.1. The van der Waals surface area contributed by atoms with Crippen molar-refractivity contribution in [3.05, 3.63) is 69.6 Å². The quantitative estimate of drug-likeness (QED) is 0.591. The van der Waals surface area contributed by atoms with Crippen LogP contribution in [0.4, 0.5) is 0 Å². The molecule has 0 spiro atoms. The van der Waals surface area contributed by atoms with E-state index >= 15 is 0 Å². The van der Waals surface area contributed by atoms with Crippen LogP contribution in [0.1, 0.15) is 28.1 Å². The number of benzene rings is 2. The molecular formula is C23H23ClN2O5. The minimum absolute atomic E-state index is 0.0876. The Balaban J connectivity index is 1.28. The molecule has 0 saturated carbocycles. The van der Waals surface area contributed by atoms with Gasteiger partial charge in [-0.25, -0.2) is 0 Å². The van der Waals surface area contributed by atoms with E-state index in [1.165, 1.54) is 0 Å². The van der Waals surface area contributed by atoms with Gasteiger partial charge in [0, 0.05) is 6.54 Å². The average molecular weight is 443 g/mol. The van der Waals surface area contributed by atoms with Crippen LogP contribution < -0.4 is 19.5 Å². The SMILES string of the molecule is Cc1noc(C)c1COc1ccc(CC(=O)NCc2cc(Cl)c3c(c2)OCCO3)cc1. The molecule has 2 heterocycles. The van der Waals surface area contributed by atoms with E-state index in [4.69, 9.17) is 30.3 Å².